The summed E-state index contributed by atoms with van der Waals surface area (Å²) in [6.07, 6.45) is 0. The van der Waals surface area contributed by atoms with Crippen LogP contribution in [0.3, 0.4) is 0 Å². The second-order valence-corrected chi connectivity index (χ2v) is 6.38. The minimum Gasteiger partial charge on any atom is -0.278 e. The van der Waals surface area contributed by atoms with Gasteiger partial charge in [0.15, 0.2) is 0 Å². The van der Waals surface area contributed by atoms with Crippen molar-refractivity contribution in [1.29, 1.82) is 5.26 Å². The minimum absolute atomic E-state index is 0.0534. The van der Waals surface area contributed by atoms with Gasteiger partial charge < -0.3 is 0 Å². The molecule has 21 heavy (non-hydrogen) atoms. The molecule has 2 aromatic rings. The molecule has 0 unspecified atom stereocenters. The van der Waals surface area contributed by atoms with Crippen LogP contribution in [0.25, 0.3) is 0 Å². The van der Waals surface area contributed by atoms with Gasteiger partial charge in [0.25, 0.3) is 10.0 Å². The van der Waals surface area contributed by atoms with Crippen molar-refractivity contribution < 1.29 is 12.8 Å². The monoisotopic (exact) mass is 324 g/mol. The number of sulfonamides is 1. The normalized spacial score (nSPS) is 11.0. The van der Waals surface area contributed by atoms with Gasteiger partial charge in [-0.2, -0.15) is 5.26 Å². The second kappa shape index (κ2) is 5.72. The zero-order chi connectivity index (χ0) is 15.6. The van der Waals surface area contributed by atoms with Gasteiger partial charge in [-0.15, -0.1) is 0 Å². The molecule has 2 rings (SSSR count). The van der Waals surface area contributed by atoms with Crippen LogP contribution in [0.1, 0.15) is 11.1 Å². The zero-order valence-electron chi connectivity index (χ0n) is 10.9. The Kier molecular flexibility index (Phi) is 4.16. The number of hydrogen-bond donors (Lipinski definition) is 1. The van der Waals surface area contributed by atoms with Crippen LogP contribution < -0.4 is 4.72 Å². The second-order valence-electron chi connectivity index (χ2n) is 4.32. The molecule has 108 valence electrons. The average Bonchev–Trinajstić information content (AvgIpc) is 2.40. The van der Waals surface area contributed by atoms with E-state index in [2.05, 4.69) is 4.72 Å². The summed E-state index contributed by atoms with van der Waals surface area (Å²) in [6, 6.07) is 9.50. The lowest BCUT2D eigenvalue weighted by atomic mass is 10.2. The Labute approximate surface area is 126 Å². The summed E-state index contributed by atoms with van der Waals surface area (Å²) in [5, 5.41) is 9.00. The van der Waals surface area contributed by atoms with Gasteiger partial charge in [-0.25, -0.2) is 12.8 Å². The molecule has 0 saturated carbocycles. The summed E-state index contributed by atoms with van der Waals surface area (Å²) in [6.45, 7) is 1.49. The fraction of sp³-hybridized carbons (Fsp3) is 0.0714. The molecule has 4 nitrogen and oxygen atoms in total. The highest BCUT2D eigenvalue weighted by atomic mass is 35.5. The highest BCUT2D eigenvalue weighted by Gasteiger charge is 2.18. The van der Waals surface area contributed by atoms with Crippen molar-refractivity contribution in [2.75, 3.05) is 4.72 Å². The lowest BCUT2D eigenvalue weighted by molar-refractivity contribution is 0.598. The Morgan fingerprint density at radius 2 is 1.95 bits per heavy atom. The first-order valence-electron chi connectivity index (χ1n) is 5.82. The summed E-state index contributed by atoms with van der Waals surface area (Å²) in [5.41, 5.74) is 0.641. The van der Waals surface area contributed by atoms with Crippen LogP contribution in [0.15, 0.2) is 41.3 Å². The van der Waals surface area contributed by atoms with Gasteiger partial charge in [-0.3, -0.25) is 4.72 Å². The maximum absolute atomic E-state index is 13.1. The number of nitrogens with one attached hydrogen (secondary N) is 1. The van der Waals surface area contributed by atoms with Gasteiger partial charge in [0.1, 0.15) is 5.82 Å². The molecule has 7 heteroatoms. The number of rotatable bonds is 3. The Hall–Kier alpha value is -2.10. The third-order valence-electron chi connectivity index (χ3n) is 2.77. The van der Waals surface area contributed by atoms with Crippen molar-refractivity contribution in [2.24, 2.45) is 0 Å². The molecule has 0 bridgehead atoms. The minimum atomic E-state index is -3.92. The third-order valence-corrected chi connectivity index (χ3v) is 4.62. The molecule has 0 fully saturated rings. The quantitative estimate of drug-likeness (QED) is 0.940. The lowest BCUT2D eigenvalue weighted by Gasteiger charge is -2.11. The third kappa shape index (κ3) is 3.32. The summed E-state index contributed by atoms with van der Waals surface area (Å²) < 4.78 is 40.0. The van der Waals surface area contributed by atoms with Crippen molar-refractivity contribution in [1.82, 2.24) is 0 Å². The number of nitrogens with zero attached hydrogens (tertiary/aromatic N) is 1. The van der Waals surface area contributed by atoms with Crippen molar-refractivity contribution in [3.05, 3.63) is 58.4 Å². The zero-order valence-corrected chi connectivity index (χ0v) is 12.5. The van der Waals surface area contributed by atoms with Gasteiger partial charge in [-0.1, -0.05) is 11.6 Å². The van der Waals surface area contributed by atoms with E-state index in [-0.39, 0.29) is 26.7 Å². The first kappa shape index (κ1) is 15.3. The Bertz CT molecular complexity index is 845. The van der Waals surface area contributed by atoms with Gasteiger partial charge in [0, 0.05) is 0 Å². The highest BCUT2D eigenvalue weighted by Crippen LogP contribution is 2.26. The lowest BCUT2D eigenvalue weighted by Crippen LogP contribution is -2.14. The van der Waals surface area contributed by atoms with E-state index in [9.17, 15) is 12.8 Å². The molecule has 0 saturated heterocycles. The summed E-state index contributed by atoms with van der Waals surface area (Å²) in [5.74, 6) is -0.518. The molecular weight excluding hydrogens is 315 g/mol. The van der Waals surface area contributed by atoms with Crippen LogP contribution >= 0.6 is 11.6 Å². The predicted molar refractivity (Wildman–Crippen MR) is 78.1 cm³/mol. The smallest absolute Gasteiger partial charge is 0.262 e. The van der Waals surface area contributed by atoms with E-state index >= 15 is 0 Å². The first-order valence-corrected chi connectivity index (χ1v) is 7.68. The van der Waals surface area contributed by atoms with E-state index < -0.39 is 15.8 Å². The number of halogens is 2. The number of hydrogen-bond acceptors (Lipinski definition) is 3. The van der Waals surface area contributed by atoms with Crippen LogP contribution in [0.2, 0.25) is 5.02 Å². The Morgan fingerprint density at radius 1 is 1.24 bits per heavy atom. The molecule has 1 N–H and O–H groups in total. The van der Waals surface area contributed by atoms with E-state index in [1.165, 1.54) is 31.2 Å². The first-order chi connectivity index (χ1) is 9.83. The van der Waals surface area contributed by atoms with E-state index in [1.54, 1.807) is 0 Å². The van der Waals surface area contributed by atoms with Crippen LogP contribution in [-0.2, 0) is 10.0 Å². The fourth-order valence-electron chi connectivity index (χ4n) is 1.79. The molecule has 0 aliphatic carbocycles. The largest absolute Gasteiger partial charge is 0.278 e. The van der Waals surface area contributed by atoms with Crippen LogP contribution in [0, 0.1) is 24.1 Å². The molecule has 0 aliphatic rings. The topological polar surface area (TPSA) is 70.0 Å². The maximum atomic E-state index is 13.1. The molecule has 0 aromatic heterocycles. The Morgan fingerprint density at radius 3 is 2.57 bits per heavy atom. The molecule has 2 aromatic carbocycles. The van der Waals surface area contributed by atoms with Gasteiger partial charge in [0.2, 0.25) is 0 Å². The van der Waals surface area contributed by atoms with Crippen LogP contribution in [-0.4, -0.2) is 8.42 Å². The van der Waals surface area contributed by atoms with Gasteiger partial charge in [-0.05, 0) is 48.9 Å². The number of aryl methyl sites for hydroxylation is 1. The maximum Gasteiger partial charge on any atom is 0.262 e. The summed E-state index contributed by atoms with van der Waals surface area (Å²) >= 11 is 5.92. The van der Waals surface area contributed by atoms with Crippen LogP contribution in [0.4, 0.5) is 10.1 Å². The number of anilines is 1. The standard InChI is InChI=1S/C14H10ClFN2O2S/c1-9-6-11(16)3-5-14(9)21(19,20)18-13-7-10(8-17)2-4-12(13)15/h2-7,18H,1H3. The molecule has 0 aliphatic heterocycles. The van der Waals surface area contributed by atoms with Crippen molar-refractivity contribution in [2.45, 2.75) is 11.8 Å². The fourth-order valence-corrected chi connectivity index (χ4v) is 3.31. The average molecular weight is 325 g/mol. The molecule has 0 amide bonds. The van der Waals surface area contributed by atoms with E-state index in [4.69, 9.17) is 16.9 Å². The molecule has 0 atom stereocenters. The molecule has 0 radical (unpaired) electrons. The molecule has 0 heterocycles. The SMILES string of the molecule is Cc1cc(F)ccc1S(=O)(=O)Nc1cc(C#N)ccc1Cl. The van der Waals surface area contributed by atoms with Gasteiger partial charge in [0.05, 0.1) is 27.2 Å². The van der Waals surface area contributed by atoms with Gasteiger partial charge >= 0.3 is 0 Å². The highest BCUT2D eigenvalue weighted by molar-refractivity contribution is 7.92. The van der Waals surface area contributed by atoms with Crippen molar-refractivity contribution in [3.8, 4) is 6.07 Å². The number of nitriles is 1. The van der Waals surface area contributed by atoms with Crippen LogP contribution in [0.5, 0.6) is 0 Å². The Balaban J connectivity index is 2.45. The van der Waals surface area contributed by atoms with E-state index in [0.717, 1.165) is 12.1 Å². The summed E-state index contributed by atoms with van der Waals surface area (Å²) in [7, 11) is -3.92. The summed E-state index contributed by atoms with van der Waals surface area (Å²) in [4.78, 5) is -0.0534. The number of benzene rings is 2. The molecular formula is C14H10ClFN2O2S. The van der Waals surface area contributed by atoms with E-state index in [1.807, 2.05) is 6.07 Å². The molecule has 0 spiro atoms. The van der Waals surface area contributed by atoms with E-state index in [0.29, 0.717) is 0 Å². The predicted octanol–water partition coefficient (Wildman–Crippen LogP) is 3.46. The van der Waals surface area contributed by atoms with Crippen molar-refractivity contribution in [3.63, 3.8) is 0 Å². The van der Waals surface area contributed by atoms with Crippen molar-refractivity contribution >= 4 is 27.3 Å².